The molecule has 0 aliphatic heterocycles. The highest BCUT2D eigenvalue weighted by atomic mass is 16.3. The van der Waals surface area contributed by atoms with Crippen molar-refractivity contribution in [3.8, 4) is 6.07 Å². The fraction of sp³-hybridized carbons (Fsp3) is 0.778. The maximum Gasteiger partial charge on any atom is 0.0655 e. The van der Waals surface area contributed by atoms with Gasteiger partial charge in [-0.15, -0.1) is 0 Å². The number of nitriles is 1. The van der Waals surface area contributed by atoms with Gasteiger partial charge in [-0.2, -0.15) is 5.26 Å². The van der Waals surface area contributed by atoms with Gasteiger partial charge in [-0.3, -0.25) is 0 Å². The maximum absolute atomic E-state index is 8.66. The van der Waals surface area contributed by atoms with E-state index in [-0.39, 0.29) is 12.5 Å². The van der Waals surface area contributed by atoms with Crippen LogP contribution in [0, 0.1) is 23.2 Å². The molecule has 0 unspecified atom stereocenters. The highest BCUT2D eigenvalue weighted by molar-refractivity contribution is 4.99. The van der Waals surface area contributed by atoms with E-state index in [1.165, 1.54) is 5.92 Å². The summed E-state index contributed by atoms with van der Waals surface area (Å²) in [6.45, 7) is 0.270. The lowest BCUT2D eigenvalue weighted by molar-refractivity contribution is 0.278. The van der Waals surface area contributed by atoms with Gasteiger partial charge >= 0.3 is 0 Å². The van der Waals surface area contributed by atoms with Crippen LogP contribution in [0.5, 0.6) is 0 Å². The minimum Gasteiger partial charge on any atom is -0.396 e. The maximum atomic E-state index is 8.66. The molecule has 1 rings (SSSR count). The van der Waals surface area contributed by atoms with Crippen LogP contribution in [0.1, 0.15) is 32.1 Å². The van der Waals surface area contributed by atoms with Crippen molar-refractivity contribution in [1.82, 2.24) is 0 Å². The van der Waals surface area contributed by atoms with Crippen LogP contribution in [0.2, 0.25) is 0 Å². The van der Waals surface area contributed by atoms with Gasteiger partial charge in [-0.05, 0) is 38.0 Å². The first-order valence-corrected chi connectivity index (χ1v) is 4.21. The first-order valence-electron chi connectivity index (χ1n) is 4.21. The van der Waals surface area contributed by atoms with Crippen molar-refractivity contribution in [2.45, 2.75) is 32.1 Å². The zero-order chi connectivity index (χ0) is 8.10. The molecule has 1 saturated carbocycles. The van der Waals surface area contributed by atoms with Gasteiger partial charge in [0.05, 0.1) is 6.07 Å². The van der Waals surface area contributed by atoms with E-state index in [9.17, 15) is 0 Å². The van der Waals surface area contributed by atoms with Crippen molar-refractivity contribution in [2.24, 2.45) is 5.92 Å². The van der Waals surface area contributed by atoms with Crippen molar-refractivity contribution in [3.63, 3.8) is 0 Å². The van der Waals surface area contributed by atoms with E-state index >= 15 is 0 Å². The van der Waals surface area contributed by atoms with Crippen LogP contribution in [0.3, 0.4) is 0 Å². The van der Waals surface area contributed by atoms with Crippen molar-refractivity contribution in [2.75, 3.05) is 6.61 Å². The predicted molar refractivity (Wildman–Crippen MR) is 42.5 cm³/mol. The number of hydrogen-bond acceptors (Lipinski definition) is 2. The molecule has 0 aromatic heterocycles. The molecule has 0 aromatic rings. The summed E-state index contributed by atoms with van der Waals surface area (Å²) in [6.07, 6.45) is 4.97. The molecular formula is C9H14NO. The molecule has 1 radical (unpaired) electrons. The summed E-state index contributed by atoms with van der Waals surface area (Å²) in [5, 5.41) is 17.3. The van der Waals surface area contributed by atoms with E-state index < -0.39 is 0 Å². The second-order valence-electron chi connectivity index (χ2n) is 3.13. The number of aliphatic hydroxyl groups excluding tert-OH is 1. The summed E-state index contributed by atoms with van der Waals surface area (Å²) in [5.41, 5.74) is 0. The Morgan fingerprint density at radius 3 is 2.55 bits per heavy atom. The van der Waals surface area contributed by atoms with E-state index in [2.05, 4.69) is 6.07 Å². The van der Waals surface area contributed by atoms with Gasteiger partial charge < -0.3 is 5.11 Å². The lowest BCUT2D eigenvalue weighted by Crippen LogP contribution is -2.12. The molecule has 2 nitrogen and oxygen atoms in total. The summed E-state index contributed by atoms with van der Waals surface area (Å²) in [5.74, 6) is 1.72. The molecule has 0 bridgehead atoms. The summed E-state index contributed by atoms with van der Waals surface area (Å²) in [7, 11) is 0. The second-order valence-corrected chi connectivity index (χ2v) is 3.13. The quantitative estimate of drug-likeness (QED) is 0.654. The second kappa shape index (κ2) is 4.35. The zero-order valence-corrected chi connectivity index (χ0v) is 6.71. The lowest BCUT2D eigenvalue weighted by Gasteiger charge is -2.23. The van der Waals surface area contributed by atoms with E-state index in [0.717, 1.165) is 32.1 Å². The molecule has 61 valence electrons. The molecule has 11 heavy (non-hydrogen) atoms. The Bertz CT molecular complexity index is 142. The minimum absolute atomic E-state index is 0.270. The van der Waals surface area contributed by atoms with Gasteiger partial charge in [0, 0.05) is 12.5 Å². The summed E-state index contributed by atoms with van der Waals surface area (Å²) >= 11 is 0. The van der Waals surface area contributed by atoms with Crippen LogP contribution in [0.4, 0.5) is 0 Å². The van der Waals surface area contributed by atoms with Crippen molar-refractivity contribution < 1.29 is 5.11 Å². The molecule has 0 atom stereocenters. The van der Waals surface area contributed by atoms with E-state index in [1.807, 2.05) is 0 Å². The summed E-state index contributed by atoms with van der Waals surface area (Å²) < 4.78 is 0. The molecular weight excluding hydrogens is 138 g/mol. The van der Waals surface area contributed by atoms with Gasteiger partial charge in [-0.1, -0.05) is 0 Å². The van der Waals surface area contributed by atoms with Gasteiger partial charge in [0.1, 0.15) is 0 Å². The molecule has 0 heterocycles. The van der Waals surface area contributed by atoms with Gasteiger partial charge in [0.15, 0.2) is 0 Å². The summed E-state index contributed by atoms with van der Waals surface area (Å²) in [4.78, 5) is 0. The number of aliphatic hydroxyl groups is 1. The molecule has 0 aromatic carbocycles. The molecule has 1 aliphatic rings. The van der Waals surface area contributed by atoms with Crippen LogP contribution in [-0.4, -0.2) is 11.7 Å². The van der Waals surface area contributed by atoms with Gasteiger partial charge in [0.25, 0.3) is 0 Å². The number of rotatable bonds is 2. The third-order valence-corrected chi connectivity index (χ3v) is 2.34. The lowest BCUT2D eigenvalue weighted by atomic mass is 9.81. The molecule has 0 saturated heterocycles. The van der Waals surface area contributed by atoms with Crippen LogP contribution >= 0.6 is 0 Å². The fourth-order valence-electron chi connectivity index (χ4n) is 1.56. The SMILES string of the molecule is N#CC1CC[C](CCO)CC1. The third kappa shape index (κ3) is 2.51. The average molecular weight is 152 g/mol. The fourth-order valence-corrected chi connectivity index (χ4v) is 1.56. The average Bonchev–Trinajstić information content (AvgIpc) is 2.07. The predicted octanol–water partition coefficient (Wildman–Crippen LogP) is 1.66. The highest BCUT2D eigenvalue weighted by Gasteiger charge is 2.20. The first kappa shape index (κ1) is 8.55. The van der Waals surface area contributed by atoms with Crippen molar-refractivity contribution in [1.29, 1.82) is 5.26 Å². The van der Waals surface area contributed by atoms with Gasteiger partial charge in [-0.25, -0.2) is 0 Å². The standard InChI is InChI=1S/C9H14NO/c10-7-9-3-1-8(2-4-9)5-6-11/h9,11H,1-6H2. The van der Waals surface area contributed by atoms with Crippen molar-refractivity contribution >= 4 is 0 Å². The Balaban J connectivity index is 2.20. The zero-order valence-electron chi connectivity index (χ0n) is 6.71. The van der Waals surface area contributed by atoms with Crippen molar-refractivity contribution in [3.05, 3.63) is 5.92 Å². The Morgan fingerprint density at radius 1 is 1.45 bits per heavy atom. The van der Waals surface area contributed by atoms with E-state index in [1.54, 1.807) is 0 Å². The van der Waals surface area contributed by atoms with Crippen LogP contribution in [0.15, 0.2) is 0 Å². The van der Waals surface area contributed by atoms with Gasteiger partial charge in [0.2, 0.25) is 0 Å². The minimum atomic E-state index is 0.270. The Kier molecular flexibility index (Phi) is 3.38. The Hall–Kier alpha value is -0.550. The molecule has 1 aliphatic carbocycles. The Morgan fingerprint density at radius 2 is 2.09 bits per heavy atom. The first-order chi connectivity index (χ1) is 5.36. The number of hydrogen-bond donors (Lipinski definition) is 1. The van der Waals surface area contributed by atoms with Crippen LogP contribution < -0.4 is 0 Å². The highest BCUT2D eigenvalue weighted by Crippen LogP contribution is 2.31. The number of nitrogens with zero attached hydrogens (tertiary/aromatic N) is 1. The smallest absolute Gasteiger partial charge is 0.0655 e. The monoisotopic (exact) mass is 152 g/mol. The largest absolute Gasteiger partial charge is 0.396 e. The van der Waals surface area contributed by atoms with Crippen LogP contribution in [0.25, 0.3) is 0 Å². The molecule has 1 fully saturated rings. The summed E-state index contributed by atoms with van der Waals surface area (Å²) in [6, 6.07) is 2.29. The normalized spacial score (nSPS) is 21.5. The molecule has 2 heteroatoms. The van der Waals surface area contributed by atoms with E-state index in [0.29, 0.717) is 0 Å². The Labute approximate surface area is 67.8 Å². The molecule has 0 spiro atoms. The topological polar surface area (TPSA) is 44.0 Å². The molecule has 1 N–H and O–H groups in total. The molecule has 0 amide bonds. The van der Waals surface area contributed by atoms with E-state index in [4.69, 9.17) is 10.4 Å². The third-order valence-electron chi connectivity index (χ3n) is 2.34. The van der Waals surface area contributed by atoms with Crippen LogP contribution in [-0.2, 0) is 0 Å².